The average Bonchev–Trinajstić information content (AvgIpc) is 3.76. The van der Waals surface area contributed by atoms with Crippen LogP contribution in [0.1, 0.15) is 0 Å². The zero-order valence-electron chi connectivity index (χ0n) is 37.3. The number of rotatable bonds is 8. The standard InChI is InChI=1S/C66H44N2/c1-2-17-46(18-3-1)60-41-37-47-20-5-8-29-58(47)65(60)51-24-15-26-54(44-51)67(53-25-14-23-50(43-53)56-32-16-22-45-19-4-7-27-55(45)56)52-39-35-49(36-40-52)57-28-10-12-33-62(57)68-63-34-13-11-31-61(63)66-59-30-9-6-21-48(59)38-42-64(66)68/h1-44H. The molecule has 0 fully saturated rings. The highest BCUT2D eigenvalue weighted by atomic mass is 15.1. The number of fused-ring (bicyclic) bond motifs is 7. The molecule has 0 unspecified atom stereocenters. The number of benzene rings is 12. The summed E-state index contributed by atoms with van der Waals surface area (Å²) >= 11 is 0. The zero-order valence-corrected chi connectivity index (χ0v) is 37.3. The summed E-state index contributed by atoms with van der Waals surface area (Å²) < 4.78 is 2.45. The van der Waals surface area contributed by atoms with E-state index in [4.69, 9.17) is 0 Å². The third-order valence-electron chi connectivity index (χ3n) is 13.8. The Hall–Kier alpha value is -8.98. The summed E-state index contributed by atoms with van der Waals surface area (Å²) in [7, 11) is 0. The van der Waals surface area contributed by atoms with Crippen LogP contribution in [0.25, 0.3) is 104 Å². The fourth-order valence-electron chi connectivity index (χ4n) is 10.7. The Morgan fingerprint density at radius 2 is 0.794 bits per heavy atom. The van der Waals surface area contributed by atoms with E-state index in [1.165, 1.54) is 87.5 Å². The van der Waals surface area contributed by atoms with Crippen LogP contribution in [-0.2, 0) is 0 Å². The monoisotopic (exact) mass is 864 g/mol. The Bertz CT molecular complexity index is 4020. The predicted octanol–water partition coefficient (Wildman–Crippen LogP) is 18.4. The van der Waals surface area contributed by atoms with Gasteiger partial charge in [-0.05, 0) is 126 Å². The van der Waals surface area contributed by atoms with Crippen LogP contribution < -0.4 is 4.90 Å². The summed E-state index contributed by atoms with van der Waals surface area (Å²) in [4.78, 5) is 2.42. The van der Waals surface area contributed by atoms with Gasteiger partial charge < -0.3 is 9.47 Å². The van der Waals surface area contributed by atoms with E-state index in [0.717, 1.165) is 33.9 Å². The van der Waals surface area contributed by atoms with Crippen LogP contribution in [0.5, 0.6) is 0 Å². The van der Waals surface area contributed by atoms with Crippen molar-refractivity contribution >= 4 is 71.2 Å². The number of nitrogens with zero attached hydrogens (tertiary/aromatic N) is 2. The molecule has 13 aromatic rings. The molecule has 0 aliphatic carbocycles. The minimum Gasteiger partial charge on any atom is -0.310 e. The lowest BCUT2D eigenvalue weighted by atomic mass is 9.89. The van der Waals surface area contributed by atoms with E-state index in [9.17, 15) is 0 Å². The van der Waals surface area contributed by atoms with Crippen molar-refractivity contribution in [3.05, 3.63) is 267 Å². The van der Waals surface area contributed by atoms with Gasteiger partial charge in [0.15, 0.2) is 0 Å². The van der Waals surface area contributed by atoms with Gasteiger partial charge in [-0.1, -0.05) is 212 Å². The first-order chi connectivity index (χ1) is 33.7. The van der Waals surface area contributed by atoms with Crippen molar-refractivity contribution in [3.63, 3.8) is 0 Å². The van der Waals surface area contributed by atoms with E-state index in [0.29, 0.717) is 0 Å². The normalized spacial score (nSPS) is 11.5. The lowest BCUT2D eigenvalue weighted by Gasteiger charge is -2.27. The molecule has 0 radical (unpaired) electrons. The molecule has 0 atom stereocenters. The number of hydrogen-bond donors (Lipinski definition) is 0. The molecule has 0 spiro atoms. The molecule has 0 bridgehead atoms. The van der Waals surface area contributed by atoms with Crippen LogP contribution >= 0.6 is 0 Å². The summed E-state index contributed by atoms with van der Waals surface area (Å²) in [5.74, 6) is 0. The SMILES string of the molecule is c1ccc(-c2ccc3ccccc3c2-c2cccc(N(c3ccc(-c4ccccc4-n4c5ccccc5c5c6ccccc6ccc54)cc3)c3cccc(-c4cccc5ccccc45)c3)c2)cc1. The number of anilines is 3. The molecule has 0 amide bonds. The van der Waals surface area contributed by atoms with Crippen LogP contribution in [0.2, 0.25) is 0 Å². The lowest BCUT2D eigenvalue weighted by molar-refractivity contribution is 1.18. The average molecular weight is 865 g/mol. The van der Waals surface area contributed by atoms with E-state index in [-0.39, 0.29) is 0 Å². The van der Waals surface area contributed by atoms with Gasteiger partial charge >= 0.3 is 0 Å². The Balaban J connectivity index is 0.980. The number of aromatic nitrogens is 1. The Morgan fingerprint density at radius 1 is 0.265 bits per heavy atom. The van der Waals surface area contributed by atoms with Crippen molar-refractivity contribution in [3.8, 4) is 50.2 Å². The van der Waals surface area contributed by atoms with E-state index in [1.807, 2.05) is 0 Å². The first-order valence-corrected chi connectivity index (χ1v) is 23.4. The van der Waals surface area contributed by atoms with Gasteiger partial charge in [0.25, 0.3) is 0 Å². The highest BCUT2D eigenvalue weighted by Gasteiger charge is 2.20. The molecule has 0 saturated carbocycles. The molecule has 0 N–H and O–H groups in total. The number of para-hydroxylation sites is 2. The van der Waals surface area contributed by atoms with Gasteiger partial charge in [-0.2, -0.15) is 0 Å². The Labute approximate surface area is 395 Å². The van der Waals surface area contributed by atoms with Crippen molar-refractivity contribution in [2.24, 2.45) is 0 Å². The molecule has 2 heteroatoms. The highest BCUT2D eigenvalue weighted by Crippen LogP contribution is 2.45. The van der Waals surface area contributed by atoms with Gasteiger partial charge in [0, 0.05) is 33.4 Å². The van der Waals surface area contributed by atoms with Gasteiger partial charge in [-0.15, -0.1) is 0 Å². The molecule has 2 nitrogen and oxygen atoms in total. The highest BCUT2D eigenvalue weighted by molar-refractivity contribution is 6.21. The van der Waals surface area contributed by atoms with Gasteiger partial charge in [0.2, 0.25) is 0 Å². The first-order valence-electron chi connectivity index (χ1n) is 23.4. The van der Waals surface area contributed by atoms with E-state index in [2.05, 4.69) is 276 Å². The third-order valence-corrected chi connectivity index (χ3v) is 13.8. The minimum absolute atomic E-state index is 1.07. The number of hydrogen-bond acceptors (Lipinski definition) is 1. The van der Waals surface area contributed by atoms with Gasteiger partial charge in [-0.3, -0.25) is 0 Å². The van der Waals surface area contributed by atoms with Crippen molar-refractivity contribution in [2.75, 3.05) is 4.90 Å². The Morgan fingerprint density at radius 3 is 1.59 bits per heavy atom. The Kier molecular flexibility index (Phi) is 9.54. The summed E-state index contributed by atoms with van der Waals surface area (Å²) in [5, 5.41) is 9.98. The minimum atomic E-state index is 1.07. The van der Waals surface area contributed by atoms with Crippen molar-refractivity contribution in [1.29, 1.82) is 0 Å². The third kappa shape index (κ3) is 6.65. The molecule has 0 aliphatic rings. The van der Waals surface area contributed by atoms with Crippen molar-refractivity contribution in [1.82, 2.24) is 4.57 Å². The maximum absolute atomic E-state index is 2.45. The van der Waals surface area contributed by atoms with Crippen LogP contribution in [0.3, 0.4) is 0 Å². The fraction of sp³-hybridized carbons (Fsp3) is 0. The fourth-order valence-corrected chi connectivity index (χ4v) is 10.7. The second-order valence-corrected chi connectivity index (χ2v) is 17.6. The molecule has 13 rings (SSSR count). The molecule has 1 aromatic heterocycles. The van der Waals surface area contributed by atoms with Crippen LogP contribution in [0.15, 0.2) is 267 Å². The lowest BCUT2D eigenvalue weighted by Crippen LogP contribution is -2.10. The molecule has 0 aliphatic heterocycles. The topological polar surface area (TPSA) is 8.17 Å². The van der Waals surface area contributed by atoms with Gasteiger partial charge in [0.1, 0.15) is 0 Å². The van der Waals surface area contributed by atoms with Gasteiger partial charge in [0.05, 0.1) is 16.7 Å². The molecule has 0 saturated heterocycles. The summed E-state index contributed by atoms with van der Waals surface area (Å²) in [6, 6.07) is 97.5. The molecule has 68 heavy (non-hydrogen) atoms. The molecular formula is C66H44N2. The maximum Gasteiger partial charge on any atom is 0.0547 e. The summed E-state index contributed by atoms with van der Waals surface area (Å²) in [6.07, 6.45) is 0. The molecule has 12 aromatic carbocycles. The molecular weight excluding hydrogens is 821 g/mol. The quantitative estimate of drug-likeness (QED) is 0.148. The smallest absolute Gasteiger partial charge is 0.0547 e. The van der Waals surface area contributed by atoms with Crippen molar-refractivity contribution < 1.29 is 0 Å². The van der Waals surface area contributed by atoms with E-state index < -0.39 is 0 Å². The van der Waals surface area contributed by atoms with Crippen LogP contribution in [-0.4, -0.2) is 4.57 Å². The van der Waals surface area contributed by atoms with E-state index >= 15 is 0 Å². The molecule has 318 valence electrons. The first kappa shape index (κ1) is 39.4. The summed E-state index contributed by atoms with van der Waals surface area (Å²) in [5.41, 5.74) is 16.3. The second kappa shape index (κ2) is 16.5. The second-order valence-electron chi connectivity index (χ2n) is 17.6. The van der Waals surface area contributed by atoms with Crippen LogP contribution in [0.4, 0.5) is 17.1 Å². The van der Waals surface area contributed by atoms with Gasteiger partial charge in [-0.25, -0.2) is 0 Å². The summed E-state index contributed by atoms with van der Waals surface area (Å²) in [6.45, 7) is 0. The largest absolute Gasteiger partial charge is 0.310 e. The molecule has 1 heterocycles. The van der Waals surface area contributed by atoms with Crippen LogP contribution in [0, 0.1) is 0 Å². The predicted molar refractivity (Wildman–Crippen MR) is 290 cm³/mol. The van der Waals surface area contributed by atoms with E-state index in [1.54, 1.807) is 0 Å². The zero-order chi connectivity index (χ0) is 45.0. The van der Waals surface area contributed by atoms with Crippen molar-refractivity contribution in [2.45, 2.75) is 0 Å². The maximum atomic E-state index is 2.45.